The molecule has 0 aromatic carbocycles. The van der Waals surface area contributed by atoms with E-state index in [0.717, 1.165) is 69.1 Å². The molecule has 0 aliphatic carbocycles. The second-order valence-corrected chi connectivity index (χ2v) is 8.04. The Kier molecular flexibility index (Phi) is 5.67. The highest BCUT2D eigenvalue weighted by Gasteiger charge is 2.20. The first-order valence-corrected chi connectivity index (χ1v) is 10.5. The minimum absolute atomic E-state index is 0.0205. The molecule has 0 radical (unpaired) electrons. The van der Waals surface area contributed by atoms with E-state index in [-0.39, 0.29) is 11.5 Å². The van der Waals surface area contributed by atoms with Crippen molar-refractivity contribution >= 4 is 17.4 Å². The number of aryl methyl sites for hydroxylation is 1. The standard InChI is InChI=1S/C22H29N5O2/c1-16-18(8-9-20(23-16)26-14-12-25(2)13-15-26)24-22(29)17-7-10-21(28)27-11-5-3-4-6-19(17)27/h7-10H,3-6,11-15H2,1-2H3,(H,24,29). The van der Waals surface area contributed by atoms with Crippen molar-refractivity contribution in [3.8, 4) is 0 Å². The van der Waals surface area contributed by atoms with Crippen LogP contribution in [0.15, 0.2) is 29.1 Å². The van der Waals surface area contributed by atoms with E-state index in [2.05, 4.69) is 22.2 Å². The maximum Gasteiger partial charge on any atom is 0.257 e. The fourth-order valence-electron chi connectivity index (χ4n) is 4.16. The van der Waals surface area contributed by atoms with Gasteiger partial charge in [-0.05, 0) is 51.4 Å². The molecule has 0 bridgehead atoms. The van der Waals surface area contributed by atoms with E-state index >= 15 is 0 Å². The van der Waals surface area contributed by atoms with Crippen molar-refractivity contribution in [3.63, 3.8) is 0 Å². The molecule has 1 saturated heterocycles. The smallest absolute Gasteiger partial charge is 0.257 e. The molecule has 7 heteroatoms. The monoisotopic (exact) mass is 395 g/mol. The number of aromatic nitrogens is 2. The Morgan fingerprint density at radius 1 is 1.00 bits per heavy atom. The number of anilines is 2. The average molecular weight is 396 g/mol. The third-order valence-corrected chi connectivity index (χ3v) is 5.98. The van der Waals surface area contributed by atoms with Gasteiger partial charge in [-0.25, -0.2) is 4.98 Å². The van der Waals surface area contributed by atoms with Crippen LogP contribution in [0.5, 0.6) is 0 Å². The van der Waals surface area contributed by atoms with Gasteiger partial charge in [0.25, 0.3) is 11.5 Å². The number of nitrogens with one attached hydrogen (secondary N) is 1. The molecular formula is C22H29N5O2. The molecule has 29 heavy (non-hydrogen) atoms. The summed E-state index contributed by atoms with van der Waals surface area (Å²) < 4.78 is 1.77. The van der Waals surface area contributed by atoms with Crippen LogP contribution < -0.4 is 15.8 Å². The lowest BCUT2D eigenvalue weighted by Gasteiger charge is -2.33. The van der Waals surface area contributed by atoms with Gasteiger partial charge in [-0.2, -0.15) is 0 Å². The largest absolute Gasteiger partial charge is 0.354 e. The molecule has 0 saturated carbocycles. The summed E-state index contributed by atoms with van der Waals surface area (Å²) in [5.41, 5.74) is 2.94. The summed E-state index contributed by atoms with van der Waals surface area (Å²) in [5.74, 6) is 0.779. The topological polar surface area (TPSA) is 70.5 Å². The summed E-state index contributed by atoms with van der Waals surface area (Å²) in [7, 11) is 2.13. The second-order valence-electron chi connectivity index (χ2n) is 8.04. The van der Waals surface area contributed by atoms with Gasteiger partial charge in [-0.3, -0.25) is 9.59 Å². The van der Waals surface area contributed by atoms with Gasteiger partial charge in [0.2, 0.25) is 0 Å². The zero-order valence-electron chi connectivity index (χ0n) is 17.3. The van der Waals surface area contributed by atoms with Gasteiger partial charge in [0.15, 0.2) is 0 Å². The number of carbonyl (C=O) groups excluding carboxylic acids is 1. The summed E-state index contributed by atoms with van der Waals surface area (Å²) in [6.07, 6.45) is 3.83. The van der Waals surface area contributed by atoms with E-state index in [0.29, 0.717) is 17.8 Å². The first kappa shape index (κ1) is 19.6. The van der Waals surface area contributed by atoms with Crippen LogP contribution in [-0.2, 0) is 13.0 Å². The van der Waals surface area contributed by atoms with E-state index in [1.807, 2.05) is 19.1 Å². The lowest BCUT2D eigenvalue weighted by Crippen LogP contribution is -2.44. The Labute approximate surface area is 171 Å². The SMILES string of the molecule is Cc1nc(N2CCN(C)CC2)ccc1NC(=O)c1ccc(=O)n2c1CCCCC2. The van der Waals surface area contributed by atoms with Crippen LogP contribution in [-0.4, -0.2) is 53.6 Å². The molecule has 2 aliphatic rings. The Hall–Kier alpha value is -2.67. The molecule has 1 amide bonds. The van der Waals surface area contributed by atoms with Gasteiger partial charge < -0.3 is 19.7 Å². The number of hydrogen-bond donors (Lipinski definition) is 1. The third kappa shape index (κ3) is 4.19. The molecule has 1 N–H and O–H groups in total. The molecule has 7 nitrogen and oxygen atoms in total. The maximum absolute atomic E-state index is 13.0. The summed E-state index contributed by atoms with van der Waals surface area (Å²) in [5, 5.41) is 3.01. The number of hydrogen-bond acceptors (Lipinski definition) is 5. The van der Waals surface area contributed by atoms with Crippen LogP contribution in [0, 0.1) is 6.92 Å². The highest BCUT2D eigenvalue weighted by molar-refractivity contribution is 6.05. The first-order chi connectivity index (χ1) is 14.0. The number of pyridine rings is 2. The molecule has 4 rings (SSSR count). The number of rotatable bonds is 3. The number of nitrogens with zero attached hydrogens (tertiary/aromatic N) is 4. The molecular weight excluding hydrogens is 366 g/mol. The Morgan fingerprint density at radius 3 is 2.55 bits per heavy atom. The Balaban J connectivity index is 1.54. The van der Waals surface area contributed by atoms with Gasteiger partial charge in [0.05, 0.1) is 16.9 Å². The van der Waals surface area contributed by atoms with Crippen molar-refractivity contribution in [1.29, 1.82) is 0 Å². The second kappa shape index (κ2) is 8.37. The van der Waals surface area contributed by atoms with Crippen molar-refractivity contribution in [2.45, 2.75) is 39.2 Å². The Bertz CT molecular complexity index is 960. The van der Waals surface area contributed by atoms with E-state index in [1.165, 1.54) is 6.07 Å². The van der Waals surface area contributed by atoms with Gasteiger partial charge in [0.1, 0.15) is 5.82 Å². The minimum atomic E-state index is -0.173. The van der Waals surface area contributed by atoms with Gasteiger partial charge in [0, 0.05) is 44.5 Å². The van der Waals surface area contributed by atoms with Gasteiger partial charge in [-0.15, -0.1) is 0 Å². The summed E-state index contributed by atoms with van der Waals surface area (Å²) in [4.78, 5) is 34.6. The van der Waals surface area contributed by atoms with Crippen LogP contribution in [0.25, 0.3) is 0 Å². The van der Waals surface area contributed by atoms with E-state index in [1.54, 1.807) is 10.6 Å². The molecule has 0 atom stereocenters. The third-order valence-electron chi connectivity index (χ3n) is 5.98. The van der Waals surface area contributed by atoms with Crippen molar-refractivity contribution in [2.24, 2.45) is 0 Å². The molecule has 0 spiro atoms. The van der Waals surface area contributed by atoms with E-state index in [4.69, 9.17) is 4.98 Å². The van der Waals surface area contributed by atoms with Crippen molar-refractivity contribution < 1.29 is 4.79 Å². The molecule has 2 aromatic rings. The number of carbonyl (C=O) groups is 1. The zero-order chi connectivity index (χ0) is 20.4. The van der Waals surface area contributed by atoms with Crippen LogP contribution in [0.2, 0.25) is 0 Å². The molecule has 154 valence electrons. The molecule has 0 unspecified atom stereocenters. The predicted molar refractivity (Wildman–Crippen MR) is 115 cm³/mol. The molecule has 2 aromatic heterocycles. The lowest BCUT2D eigenvalue weighted by atomic mass is 10.1. The summed E-state index contributed by atoms with van der Waals surface area (Å²) in [6, 6.07) is 7.08. The van der Waals surface area contributed by atoms with E-state index < -0.39 is 0 Å². The quantitative estimate of drug-likeness (QED) is 0.863. The Morgan fingerprint density at radius 2 is 1.79 bits per heavy atom. The van der Waals surface area contributed by atoms with E-state index in [9.17, 15) is 9.59 Å². The fraction of sp³-hybridized carbons (Fsp3) is 0.500. The number of piperazine rings is 1. The molecule has 1 fully saturated rings. The van der Waals surface area contributed by atoms with Crippen LogP contribution >= 0.6 is 0 Å². The van der Waals surface area contributed by atoms with Gasteiger partial charge in [-0.1, -0.05) is 6.42 Å². The average Bonchev–Trinajstić information content (AvgIpc) is 2.97. The fourth-order valence-corrected chi connectivity index (χ4v) is 4.16. The normalized spacial score (nSPS) is 17.5. The minimum Gasteiger partial charge on any atom is -0.354 e. The maximum atomic E-state index is 13.0. The molecule has 4 heterocycles. The van der Waals surface area contributed by atoms with Crippen molar-refractivity contribution in [2.75, 3.05) is 43.4 Å². The van der Waals surface area contributed by atoms with Crippen LogP contribution in [0.4, 0.5) is 11.5 Å². The zero-order valence-corrected chi connectivity index (χ0v) is 17.3. The lowest BCUT2D eigenvalue weighted by molar-refractivity contribution is 0.102. The number of likely N-dealkylation sites (N-methyl/N-ethyl adjacent to an activating group) is 1. The summed E-state index contributed by atoms with van der Waals surface area (Å²) >= 11 is 0. The highest BCUT2D eigenvalue weighted by atomic mass is 16.2. The van der Waals surface area contributed by atoms with Gasteiger partial charge >= 0.3 is 0 Å². The summed E-state index contributed by atoms with van der Waals surface area (Å²) in [6.45, 7) is 6.58. The number of fused-ring (bicyclic) bond motifs is 1. The predicted octanol–water partition coefficient (Wildman–Crippen LogP) is 2.28. The highest BCUT2D eigenvalue weighted by Crippen LogP contribution is 2.22. The van der Waals surface area contributed by atoms with Crippen molar-refractivity contribution in [1.82, 2.24) is 14.5 Å². The number of amides is 1. The first-order valence-electron chi connectivity index (χ1n) is 10.5. The van der Waals surface area contributed by atoms with Crippen molar-refractivity contribution in [3.05, 3.63) is 51.6 Å². The molecule has 2 aliphatic heterocycles. The van der Waals surface area contributed by atoms with Crippen LogP contribution in [0.3, 0.4) is 0 Å². The van der Waals surface area contributed by atoms with Crippen LogP contribution in [0.1, 0.15) is 41.0 Å².